The maximum absolute atomic E-state index is 12.5. The average Bonchev–Trinajstić information content (AvgIpc) is 3.11. The van der Waals surface area contributed by atoms with Crippen LogP contribution in [0.5, 0.6) is 0 Å². The highest BCUT2D eigenvalue weighted by Gasteiger charge is 2.13. The van der Waals surface area contributed by atoms with E-state index in [1.807, 2.05) is 37.5 Å². The van der Waals surface area contributed by atoms with Crippen molar-refractivity contribution in [3.63, 3.8) is 0 Å². The fraction of sp³-hybridized carbons (Fsp3) is 0.250. The number of carbonyl (C=O) groups excluding carboxylic acids is 1. The Morgan fingerprint density at radius 1 is 1.36 bits per heavy atom. The van der Waals surface area contributed by atoms with Crippen LogP contribution in [0, 0.1) is 0 Å². The first kappa shape index (κ1) is 14.3. The third kappa shape index (κ3) is 2.73. The summed E-state index contributed by atoms with van der Waals surface area (Å²) in [6, 6.07) is 7.69. The number of hydrogen-bond donors (Lipinski definition) is 1. The summed E-state index contributed by atoms with van der Waals surface area (Å²) >= 11 is 0. The van der Waals surface area contributed by atoms with Crippen LogP contribution in [-0.2, 0) is 18.3 Å². The van der Waals surface area contributed by atoms with Crippen molar-refractivity contribution >= 4 is 22.5 Å². The van der Waals surface area contributed by atoms with E-state index in [0.717, 1.165) is 17.4 Å². The molecule has 0 spiro atoms. The summed E-state index contributed by atoms with van der Waals surface area (Å²) in [4.78, 5) is 12.5. The van der Waals surface area contributed by atoms with Crippen LogP contribution in [0.1, 0.15) is 10.4 Å². The van der Waals surface area contributed by atoms with Gasteiger partial charge in [0.05, 0.1) is 18.5 Å². The molecule has 0 radical (unpaired) electrons. The molecule has 0 fully saturated rings. The molecule has 6 heteroatoms. The largest absolute Gasteiger partial charge is 0.383 e. The number of nitrogens with zero attached hydrogens (tertiary/aromatic N) is 3. The van der Waals surface area contributed by atoms with Crippen molar-refractivity contribution in [1.29, 1.82) is 0 Å². The van der Waals surface area contributed by atoms with Crippen molar-refractivity contribution in [3.05, 3.63) is 48.4 Å². The Labute approximate surface area is 128 Å². The van der Waals surface area contributed by atoms with Gasteiger partial charge in [-0.05, 0) is 18.2 Å². The zero-order valence-corrected chi connectivity index (χ0v) is 12.6. The Kier molecular flexibility index (Phi) is 3.93. The number of nitrogens with one attached hydrogen (secondary N) is 1. The van der Waals surface area contributed by atoms with E-state index in [0.29, 0.717) is 17.9 Å². The number of methoxy groups -OCH3 is 1. The molecule has 1 N–H and O–H groups in total. The van der Waals surface area contributed by atoms with Crippen LogP contribution in [-0.4, -0.2) is 34.0 Å². The third-order valence-corrected chi connectivity index (χ3v) is 3.56. The molecule has 1 amide bonds. The van der Waals surface area contributed by atoms with Gasteiger partial charge in [0.25, 0.3) is 5.91 Å². The van der Waals surface area contributed by atoms with Crippen molar-refractivity contribution in [1.82, 2.24) is 14.3 Å². The van der Waals surface area contributed by atoms with E-state index in [2.05, 4.69) is 15.0 Å². The van der Waals surface area contributed by atoms with Gasteiger partial charge in [-0.25, -0.2) is 0 Å². The van der Waals surface area contributed by atoms with Gasteiger partial charge in [0.15, 0.2) is 0 Å². The Bertz CT molecular complexity index is 803. The second-order valence-electron chi connectivity index (χ2n) is 5.10. The van der Waals surface area contributed by atoms with Gasteiger partial charge in [-0.1, -0.05) is 6.07 Å². The lowest BCUT2D eigenvalue weighted by atomic mass is 10.1. The molecule has 0 atom stereocenters. The summed E-state index contributed by atoms with van der Waals surface area (Å²) in [7, 11) is 3.49. The Balaban J connectivity index is 1.90. The molecule has 0 aliphatic carbocycles. The lowest BCUT2D eigenvalue weighted by Gasteiger charge is -2.07. The first-order chi connectivity index (χ1) is 10.7. The molecule has 0 bridgehead atoms. The number of hydrogen-bond acceptors (Lipinski definition) is 3. The van der Waals surface area contributed by atoms with E-state index < -0.39 is 0 Å². The van der Waals surface area contributed by atoms with Crippen molar-refractivity contribution in [2.45, 2.75) is 6.54 Å². The number of anilines is 1. The third-order valence-electron chi connectivity index (χ3n) is 3.56. The quantitative estimate of drug-likeness (QED) is 0.786. The molecule has 3 aromatic rings. The molecule has 6 nitrogen and oxygen atoms in total. The molecule has 0 saturated heterocycles. The number of benzene rings is 1. The molecule has 0 unspecified atom stereocenters. The molecule has 2 aromatic heterocycles. The van der Waals surface area contributed by atoms with Crippen LogP contribution in [0.2, 0.25) is 0 Å². The van der Waals surface area contributed by atoms with Crippen LogP contribution in [0.3, 0.4) is 0 Å². The van der Waals surface area contributed by atoms with Gasteiger partial charge < -0.3 is 14.6 Å². The molecule has 0 aliphatic heterocycles. The second kappa shape index (κ2) is 6.03. The molecular weight excluding hydrogens is 280 g/mol. The Morgan fingerprint density at radius 3 is 2.95 bits per heavy atom. The zero-order chi connectivity index (χ0) is 15.5. The fourth-order valence-electron chi connectivity index (χ4n) is 2.49. The topological polar surface area (TPSA) is 61.1 Å². The van der Waals surface area contributed by atoms with Gasteiger partial charge in [0.1, 0.15) is 0 Å². The van der Waals surface area contributed by atoms with Gasteiger partial charge in [-0.15, -0.1) is 0 Å². The van der Waals surface area contributed by atoms with Gasteiger partial charge in [0, 0.05) is 49.6 Å². The molecule has 2 heterocycles. The van der Waals surface area contributed by atoms with Gasteiger partial charge in [-0.3, -0.25) is 9.48 Å². The van der Waals surface area contributed by atoms with Crippen LogP contribution < -0.4 is 5.32 Å². The lowest BCUT2D eigenvalue weighted by molar-refractivity contribution is 0.102. The molecule has 1 aromatic carbocycles. The standard InChI is InChI=1S/C16H18N4O2/c1-19-11-12(10-17-19)18-16(21)14-4-3-5-15-13(14)6-7-20(15)8-9-22-2/h3-7,10-11H,8-9H2,1-2H3,(H,18,21). The predicted molar refractivity (Wildman–Crippen MR) is 85.0 cm³/mol. The van der Waals surface area contributed by atoms with Crippen molar-refractivity contribution in [2.75, 3.05) is 19.0 Å². The number of carbonyl (C=O) groups is 1. The van der Waals surface area contributed by atoms with Crippen LogP contribution in [0.4, 0.5) is 5.69 Å². The molecule has 0 aliphatic rings. The van der Waals surface area contributed by atoms with Crippen LogP contribution in [0.25, 0.3) is 10.9 Å². The summed E-state index contributed by atoms with van der Waals surface area (Å²) < 4.78 is 8.85. The summed E-state index contributed by atoms with van der Waals surface area (Å²) in [5, 5.41) is 7.85. The van der Waals surface area contributed by atoms with Crippen molar-refractivity contribution in [3.8, 4) is 0 Å². The smallest absolute Gasteiger partial charge is 0.256 e. The maximum atomic E-state index is 12.5. The number of aromatic nitrogens is 3. The zero-order valence-electron chi connectivity index (χ0n) is 12.6. The highest BCUT2D eigenvalue weighted by molar-refractivity contribution is 6.12. The average molecular weight is 298 g/mol. The molecule has 3 rings (SSSR count). The minimum absolute atomic E-state index is 0.136. The van der Waals surface area contributed by atoms with Gasteiger partial charge in [0.2, 0.25) is 0 Å². The van der Waals surface area contributed by atoms with E-state index >= 15 is 0 Å². The number of ether oxygens (including phenoxy) is 1. The molecule has 114 valence electrons. The minimum Gasteiger partial charge on any atom is -0.383 e. The van der Waals surface area contributed by atoms with Crippen molar-refractivity contribution in [2.24, 2.45) is 7.05 Å². The summed E-state index contributed by atoms with van der Waals surface area (Å²) in [5.74, 6) is -0.136. The summed E-state index contributed by atoms with van der Waals surface area (Å²) in [5.41, 5.74) is 2.36. The van der Waals surface area contributed by atoms with E-state index in [4.69, 9.17) is 4.74 Å². The minimum atomic E-state index is -0.136. The maximum Gasteiger partial charge on any atom is 0.256 e. The number of aryl methyl sites for hydroxylation is 1. The van der Waals surface area contributed by atoms with Gasteiger partial charge >= 0.3 is 0 Å². The SMILES string of the molecule is COCCn1ccc2c(C(=O)Nc3cnn(C)c3)cccc21. The highest BCUT2D eigenvalue weighted by Crippen LogP contribution is 2.21. The Hall–Kier alpha value is -2.60. The highest BCUT2D eigenvalue weighted by atomic mass is 16.5. The van der Waals surface area contributed by atoms with E-state index in [1.54, 1.807) is 24.2 Å². The van der Waals surface area contributed by atoms with E-state index in [1.165, 1.54) is 0 Å². The van der Waals surface area contributed by atoms with E-state index in [-0.39, 0.29) is 5.91 Å². The van der Waals surface area contributed by atoms with E-state index in [9.17, 15) is 4.79 Å². The molecule has 22 heavy (non-hydrogen) atoms. The molecular formula is C16H18N4O2. The molecule has 0 saturated carbocycles. The summed E-state index contributed by atoms with van der Waals surface area (Å²) in [6.45, 7) is 1.39. The lowest BCUT2D eigenvalue weighted by Crippen LogP contribution is -2.12. The monoisotopic (exact) mass is 298 g/mol. The first-order valence-corrected chi connectivity index (χ1v) is 7.06. The number of amides is 1. The number of rotatable bonds is 5. The van der Waals surface area contributed by atoms with Crippen LogP contribution in [0.15, 0.2) is 42.9 Å². The predicted octanol–water partition coefficient (Wildman–Crippen LogP) is 2.27. The van der Waals surface area contributed by atoms with Crippen molar-refractivity contribution < 1.29 is 9.53 Å². The van der Waals surface area contributed by atoms with Gasteiger partial charge in [-0.2, -0.15) is 5.10 Å². The fourth-order valence-corrected chi connectivity index (χ4v) is 2.49. The Morgan fingerprint density at radius 2 is 2.23 bits per heavy atom. The summed E-state index contributed by atoms with van der Waals surface area (Å²) in [6.07, 6.45) is 5.37. The number of fused-ring (bicyclic) bond motifs is 1. The second-order valence-corrected chi connectivity index (χ2v) is 5.10. The normalized spacial score (nSPS) is 11.0. The first-order valence-electron chi connectivity index (χ1n) is 7.06. The van der Waals surface area contributed by atoms with Crippen LogP contribution >= 0.6 is 0 Å².